The fraction of sp³-hybridized carbons (Fsp3) is 0.545. The van der Waals surface area contributed by atoms with Crippen LogP contribution in [0.1, 0.15) is 44.2 Å². The number of nitrogens with zero attached hydrogens (tertiary/aromatic N) is 3. The Morgan fingerprint density at radius 3 is 2.73 bits per heavy atom. The molecule has 6 nitrogen and oxygen atoms in total. The van der Waals surface area contributed by atoms with Crippen LogP contribution < -0.4 is 9.64 Å². The van der Waals surface area contributed by atoms with Crippen LogP contribution >= 0.6 is 0 Å². The van der Waals surface area contributed by atoms with Crippen molar-refractivity contribution in [3.63, 3.8) is 0 Å². The van der Waals surface area contributed by atoms with Crippen LogP contribution in [-0.4, -0.2) is 41.6 Å². The summed E-state index contributed by atoms with van der Waals surface area (Å²) in [7, 11) is 1.36. The molecule has 1 unspecified atom stereocenters. The third-order valence-electron chi connectivity index (χ3n) is 6.34. The zero-order chi connectivity index (χ0) is 21.0. The molecule has 3 aliphatic rings. The third kappa shape index (κ3) is 3.32. The Morgan fingerprint density at radius 2 is 2.07 bits per heavy atom. The normalized spacial score (nSPS) is 24.3. The maximum absolute atomic E-state index is 13.5. The van der Waals surface area contributed by atoms with Gasteiger partial charge in [-0.15, -0.1) is 0 Å². The number of ether oxygens (including phenoxy) is 2. The van der Waals surface area contributed by atoms with Gasteiger partial charge in [-0.1, -0.05) is 0 Å². The number of hydrogen-bond acceptors (Lipinski definition) is 4. The number of aromatic nitrogens is 2. The summed E-state index contributed by atoms with van der Waals surface area (Å²) in [5, 5.41) is 4.46. The van der Waals surface area contributed by atoms with Crippen molar-refractivity contribution >= 4 is 11.8 Å². The third-order valence-corrected chi connectivity index (χ3v) is 6.34. The van der Waals surface area contributed by atoms with E-state index in [9.17, 15) is 13.6 Å². The zero-order valence-corrected chi connectivity index (χ0v) is 17.1. The molecule has 2 heterocycles. The second-order valence-corrected chi connectivity index (χ2v) is 8.58. The van der Waals surface area contributed by atoms with Crippen molar-refractivity contribution in [3.8, 4) is 16.9 Å². The molecule has 0 N–H and O–H groups in total. The van der Waals surface area contributed by atoms with E-state index in [1.807, 2.05) is 29.9 Å². The van der Waals surface area contributed by atoms with Crippen molar-refractivity contribution in [1.82, 2.24) is 9.78 Å². The van der Waals surface area contributed by atoms with E-state index in [0.717, 1.165) is 41.6 Å². The van der Waals surface area contributed by atoms with Crippen LogP contribution in [0.5, 0.6) is 5.75 Å². The average Bonchev–Trinajstić information content (AvgIpc) is 3.62. The van der Waals surface area contributed by atoms with Crippen LogP contribution in [0.15, 0.2) is 24.5 Å². The van der Waals surface area contributed by atoms with E-state index in [1.54, 1.807) is 11.1 Å². The highest BCUT2D eigenvalue weighted by atomic mass is 19.3. The molecule has 30 heavy (non-hydrogen) atoms. The van der Waals surface area contributed by atoms with Gasteiger partial charge in [0.05, 0.1) is 37.6 Å². The van der Waals surface area contributed by atoms with Gasteiger partial charge in [-0.25, -0.2) is 13.6 Å². The van der Waals surface area contributed by atoms with Crippen molar-refractivity contribution in [1.29, 1.82) is 0 Å². The van der Waals surface area contributed by atoms with Crippen LogP contribution in [0.4, 0.5) is 19.3 Å². The van der Waals surface area contributed by atoms with Crippen LogP contribution in [-0.2, 0) is 11.2 Å². The first-order valence-electron chi connectivity index (χ1n) is 10.5. The second kappa shape index (κ2) is 6.96. The largest absolute Gasteiger partial charge is 0.492 e. The van der Waals surface area contributed by atoms with Crippen molar-refractivity contribution < 1.29 is 23.0 Å². The Bertz CT molecular complexity index is 986. The minimum absolute atomic E-state index is 0.0194. The van der Waals surface area contributed by atoms with Gasteiger partial charge in [0.25, 0.3) is 5.92 Å². The fourth-order valence-corrected chi connectivity index (χ4v) is 4.22. The molecule has 1 aliphatic heterocycles. The summed E-state index contributed by atoms with van der Waals surface area (Å²) in [5.74, 6) is -2.82. The smallest absolute Gasteiger partial charge is 0.414 e. The first-order chi connectivity index (χ1) is 14.4. The highest BCUT2D eigenvalue weighted by Crippen LogP contribution is 2.50. The molecule has 1 amide bonds. The molecule has 0 bridgehead atoms. The number of amides is 1. The van der Waals surface area contributed by atoms with Gasteiger partial charge < -0.3 is 9.47 Å². The molecular weight excluding hydrogens is 392 g/mol. The maximum atomic E-state index is 13.5. The van der Waals surface area contributed by atoms with Gasteiger partial charge >= 0.3 is 6.09 Å². The lowest BCUT2D eigenvalue weighted by molar-refractivity contribution is 0.0855. The standard InChI is InChI=1S/C22H25F2N3O3/c1-13-3-6-18-19(27(13)21(28)29-2)8-7-17(14-10-25-26(11-14)16-4-5-16)20(18)30-12-15-9-22(15,23)24/h7-8,10-11,13,15-16H,3-6,9,12H2,1-2H3/t13-,15?/m0/s1. The molecule has 2 aliphatic carbocycles. The molecule has 1 aromatic carbocycles. The summed E-state index contributed by atoms with van der Waals surface area (Å²) in [4.78, 5) is 14.0. The molecule has 0 radical (unpaired) electrons. The number of methoxy groups -OCH3 is 1. The molecule has 0 spiro atoms. The first-order valence-corrected chi connectivity index (χ1v) is 10.5. The molecule has 2 fully saturated rings. The van der Waals surface area contributed by atoms with E-state index in [4.69, 9.17) is 9.47 Å². The Hall–Kier alpha value is -2.64. The predicted molar refractivity (Wildman–Crippen MR) is 107 cm³/mol. The number of rotatable bonds is 5. The van der Waals surface area contributed by atoms with E-state index < -0.39 is 17.9 Å². The quantitative estimate of drug-likeness (QED) is 0.700. The Labute approximate surface area is 173 Å². The number of anilines is 1. The van der Waals surface area contributed by atoms with Gasteiger partial charge in [0.2, 0.25) is 0 Å². The van der Waals surface area contributed by atoms with E-state index in [0.29, 0.717) is 18.2 Å². The lowest BCUT2D eigenvalue weighted by atomic mass is 9.92. The van der Waals surface area contributed by atoms with Gasteiger partial charge in [0.1, 0.15) is 5.75 Å². The lowest BCUT2D eigenvalue weighted by Crippen LogP contribution is -2.42. The van der Waals surface area contributed by atoms with Crippen LogP contribution in [0.2, 0.25) is 0 Å². The summed E-state index contributed by atoms with van der Waals surface area (Å²) in [6, 6.07) is 4.21. The summed E-state index contributed by atoms with van der Waals surface area (Å²) in [6.07, 6.45) is 6.90. The van der Waals surface area contributed by atoms with E-state index >= 15 is 0 Å². The van der Waals surface area contributed by atoms with Crippen molar-refractivity contribution in [3.05, 3.63) is 30.1 Å². The Kier molecular flexibility index (Phi) is 4.48. The maximum Gasteiger partial charge on any atom is 0.414 e. The molecule has 2 atom stereocenters. The van der Waals surface area contributed by atoms with Gasteiger partial charge in [-0.3, -0.25) is 9.58 Å². The van der Waals surface area contributed by atoms with Crippen molar-refractivity contribution in [2.75, 3.05) is 18.6 Å². The van der Waals surface area contributed by atoms with E-state index in [2.05, 4.69) is 5.10 Å². The Balaban J connectivity index is 1.55. The predicted octanol–water partition coefficient (Wildman–Crippen LogP) is 4.83. The fourth-order valence-electron chi connectivity index (χ4n) is 4.22. The molecule has 160 valence electrons. The average molecular weight is 417 g/mol. The topological polar surface area (TPSA) is 56.6 Å². The van der Waals surface area contributed by atoms with Crippen molar-refractivity contribution in [2.45, 2.75) is 57.0 Å². The highest BCUT2D eigenvalue weighted by molar-refractivity contribution is 5.92. The van der Waals surface area contributed by atoms with Crippen LogP contribution in [0, 0.1) is 5.92 Å². The molecule has 2 aromatic rings. The SMILES string of the molecule is COC(=O)N1c2ccc(-c3cnn(C4CC4)c3)c(OCC3CC3(F)F)c2CC[C@@H]1C. The van der Waals surface area contributed by atoms with Crippen molar-refractivity contribution in [2.24, 2.45) is 5.92 Å². The van der Waals surface area contributed by atoms with Gasteiger partial charge in [-0.05, 0) is 44.7 Å². The number of halogens is 2. The second-order valence-electron chi connectivity index (χ2n) is 8.58. The molecule has 5 rings (SSSR count). The van der Waals surface area contributed by atoms with E-state index in [-0.39, 0.29) is 19.1 Å². The zero-order valence-electron chi connectivity index (χ0n) is 17.1. The lowest BCUT2D eigenvalue weighted by Gasteiger charge is -2.35. The number of benzene rings is 1. The summed E-state index contributed by atoms with van der Waals surface area (Å²) in [6.45, 7) is 1.93. The summed E-state index contributed by atoms with van der Waals surface area (Å²) < 4.78 is 39.9. The first kappa shape index (κ1) is 19.3. The number of carbonyl (C=O) groups is 1. The molecule has 8 heteroatoms. The van der Waals surface area contributed by atoms with Gasteiger partial charge in [0, 0.05) is 35.3 Å². The minimum atomic E-state index is -2.64. The monoisotopic (exact) mass is 417 g/mol. The highest BCUT2D eigenvalue weighted by Gasteiger charge is 2.57. The number of alkyl halides is 2. The van der Waals surface area contributed by atoms with Gasteiger partial charge in [0.15, 0.2) is 0 Å². The van der Waals surface area contributed by atoms with E-state index in [1.165, 1.54) is 7.11 Å². The number of hydrogen-bond donors (Lipinski definition) is 0. The van der Waals surface area contributed by atoms with Crippen LogP contribution in [0.25, 0.3) is 11.1 Å². The molecule has 2 saturated carbocycles. The van der Waals surface area contributed by atoms with Crippen LogP contribution in [0.3, 0.4) is 0 Å². The number of carbonyl (C=O) groups excluding carboxylic acids is 1. The summed E-state index contributed by atoms with van der Waals surface area (Å²) >= 11 is 0. The number of fused-ring (bicyclic) bond motifs is 1. The molecular formula is C22H25F2N3O3. The Morgan fingerprint density at radius 1 is 1.30 bits per heavy atom. The minimum Gasteiger partial charge on any atom is -0.492 e. The molecule has 1 aromatic heterocycles. The van der Waals surface area contributed by atoms with Gasteiger partial charge in [-0.2, -0.15) is 5.10 Å². The summed E-state index contributed by atoms with van der Waals surface area (Å²) in [5.41, 5.74) is 3.30. The molecule has 0 saturated heterocycles.